The Bertz CT molecular complexity index is 205. The molecule has 3 heteroatoms. The van der Waals surface area contributed by atoms with Crippen molar-refractivity contribution in [2.24, 2.45) is 0 Å². The number of rotatable bonds is 3. The van der Waals surface area contributed by atoms with Gasteiger partial charge in [0.2, 0.25) is 0 Å². The fraction of sp³-hybridized carbons (Fsp3) is 0.250. The van der Waals surface area contributed by atoms with Crippen LogP contribution < -0.4 is 4.74 Å². The van der Waals surface area contributed by atoms with Crippen molar-refractivity contribution in [3.8, 4) is 11.5 Å². The quantitative estimate of drug-likeness (QED) is 0.709. The Balaban J connectivity index is 2.52. The Morgan fingerprint density at radius 1 is 1.27 bits per heavy atom. The third kappa shape index (κ3) is 2.47. The summed E-state index contributed by atoms with van der Waals surface area (Å²) in [7, 11) is 0. The zero-order chi connectivity index (χ0) is 8.10. The number of ether oxygens (including phenoxy) is 1. The van der Waals surface area contributed by atoms with E-state index < -0.39 is 0 Å². The van der Waals surface area contributed by atoms with Gasteiger partial charge in [0.25, 0.3) is 0 Å². The van der Waals surface area contributed by atoms with Crippen LogP contribution in [-0.4, -0.2) is 18.3 Å². The van der Waals surface area contributed by atoms with E-state index in [9.17, 15) is 5.11 Å². The molecule has 0 aromatic heterocycles. The first-order chi connectivity index (χ1) is 5.33. The minimum atomic E-state index is -0.0404. The van der Waals surface area contributed by atoms with E-state index in [2.05, 4.69) is 0 Å². The van der Waals surface area contributed by atoms with Crippen molar-refractivity contribution in [3.63, 3.8) is 0 Å². The van der Waals surface area contributed by atoms with E-state index in [0.29, 0.717) is 5.75 Å². The second-order valence-electron chi connectivity index (χ2n) is 2.04. The Morgan fingerprint density at radius 2 is 1.91 bits per heavy atom. The summed E-state index contributed by atoms with van der Waals surface area (Å²) in [4.78, 5) is 0. The molecule has 1 aromatic carbocycles. The van der Waals surface area contributed by atoms with Gasteiger partial charge in [-0.1, -0.05) is 0 Å². The zero-order valence-electron chi connectivity index (χ0n) is 5.99. The molecule has 0 saturated heterocycles. The van der Waals surface area contributed by atoms with E-state index in [1.54, 1.807) is 12.1 Å². The van der Waals surface area contributed by atoms with Gasteiger partial charge >= 0.3 is 0 Å². The molecule has 1 rings (SSSR count). The summed E-state index contributed by atoms with van der Waals surface area (Å²) in [5.74, 6) is 0.569. The summed E-state index contributed by atoms with van der Waals surface area (Å²) in [5.41, 5.74) is 0. The van der Waals surface area contributed by atoms with Crippen LogP contribution in [0.4, 0.5) is 0 Å². The van der Waals surface area contributed by atoms with Gasteiger partial charge in [-0.2, -0.15) is 0 Å². The topological polar surface area (TPSA) is 49.4 Å². The molecule has 0 amide bonds. The molecule has 0 bridgehead atoms. The SMILES string of the molecule is [O]c1ccc(OCCO)cc1. The lowest BCUT2D eigenvalue weighted by molar-refractivity contribution is 0.201. The van der Waals surface area contributed by atoms with Gasteiger partial charge in [0, 0.05) is 0 Å². The molecular formula is C8H9O3. The second kappa shape index (κ2) is 3.83. The molecule has 0 heterocycles. The standard InChI is InChI=1S/C8H9O3/c9-5-6-11-8-3-1-7(10)2-4-8/h1-4,9H,5-6H2. The summed E-state index contributed by atoms with van der Waals surface area (Å²) >= 11 is 0. The molecule has 0 aliphatic heterocycles. The fourth-order valence-electron chi connectivity index (χ4n) is 0.699. The largest absolute Gasteiger partial charge is 0.491 e. The molecule has 0 fully saturated rings. The van der Waals surface area contributed by atoms with Gasteiger partial charge < -0.3 is 9.84 Å². The van der Waals surface area contributed by atoms with Gasteiger partial charge in [0.15, 0.2) is 5.75 Å². The van der Waals surface area contributed by atoms with Crippen molar-refractivity contribution in [1.29, 1.82) is 0 Å². The molecule has 1 aromatic rings. The van der Waals surface area contributed by atoms with Gasteiger partial charge in [-0.3, -0.25) is 5.11 Å². The molecule has 0 aliphatic carbocycles. The predicted molar refractivity (Wildman–Crippen MR) is 39.2 cm³/mol. The van der Waals surface area contributed by atoms with Crippen molar-refractivity contribution in [2.75, 3.05) is 13.2 Å². The second-order valence-corrected chi connectivity index (χ2v) is 2.04. The Morgan fingerprint density at radius 3 is 2.45 bits per heavy atom. The number of aliphatic hydroxyl groups is 1. The van der Waals surface area contributed by atoms with Gasteiger partial charge in [-0.25, -0.2) is 0 Å². The number of hydrogen-bond donors (Lipinski definition) is 1. The first kappa shape index (κ1) is 7.88. The highest BCUT2D eigenvalue weighted by Gasteiger charge is 1.92. The number of hydrogen-bond acceptors (Lipinski definition) is 2. The maximum Gasteiger partial charge on any atom is 0.178 e. The number of benzene rings is 1. The van der Waals surface area contributed by atoms with Crippen molar-refractivity contribution >= 4 is 0 Å². The molecule has 0 aliphatic rings. The lowest BCUT2D eigenvalue weighted by Crippen LogP contribution is -2.00. The highest BCUT2D eigenvalue weighted by Crippen LogP contribution is 2.15. The minimum Gasteiger partial charge on any atom is -0.491 e. The molecule has 1 radical (unpaired) electrons. The van der Waals surface area contributed by atoms with Gasteiger partial charge in [0.1, 0.15) is 12.4 Å². The average Bonchev–Trinajstić information content (AvgIpc) is 2.04. The molecule has 3 nitrogen and oxygen atoms in total. The number of aliphatic hydroxyl groups excluding tert-OH is 1. The van der Waals surface area contributed by atoms with Crippen molar-refractivity contribution in [1.82, 2.24) is 0 Å². The van der Waals surface area contributed by atoms with Crippen LogP contribution in [0.3, 0.4) is 0 Å². The van der Waals surface area contributed by atoms with Crippen LogP contribution in [0.15, 0.2) is 24.3 Å². The van der Waals surface area contributed by atoms with Crippen LogP contribution in [-0.2, 0) is 5.11 Å². The van der Waals surface area contributed by atoms with Crippen LogP contribution in [0.1, 0.15) is 0 Å². The summed E-state index contributed by atoms with van der Waals surface area (Å²) in [6.45, 7) is 0.247. The smallest absolute Gasteiger partial charge is 0.178 e. The third-order valence-electron chi connectivity index (χ3n) is 1.18. The van der Waals surface area contributed by atoms with E-state index in [1.807, 2.05) is 0 Å². The Hall–Kier alpha value is -1.22. The molecule has 11 heavy (non-hydrogen) atoms. The van der Waals surface area contributed by atoms with Crippen LogP contribution >= 0.6 is 0 Å². The summed E-state index contributed by atoms with van der Waals surface area (Å²) < 4.78 is 5.02. The fourth-order valence-corrected chi connectivity index (χ4v) is 0.699. The zero-order valence-corrected chi connectivity index (χ0v) is 5.99. The summed E-state index contributed by atoms with van der Waals surface area (Å²) in [5, 5.41) is 19.0. The first-order valence-corrected chi connectivity index (χ1v) is 3.33. The van der Waals surface area contributed by atoms with E-state index in [0.717, 1.165) is 0 Å². The maximum absolute atomic E-state index is 10.6. The lowest BCUT2D eigenvalue weighted by atomic mass is 10.3. The lowest BCUT2D eigenvalue weighted by Gasteiger charge is -2.01. The molecule has 1 N–H and O–H groups in total. The van der Waals surface area contributed by atoms with Crippen LogP contribution in [0, 0.1) is 0 Å². The molecule has 0 atom stereocenters. The molecule has 0 unspecified atom stereocenters. The van der Waals surface area contributed by atoms with E-state index >= 15 is 0 Å². The maximum atomic E-state index is 10.6. The highest BCUT2D eigenvalue weighted by molar-refractivity contribution is 5.29. The minimum absolute atomic E-state index is 0.0148. The summed E-state index contributed by atoms with van der Waals surface area (Å²) in [6.07, 6.45) is 0. The molecule has 0 spiro atoms. The van der Waals surface area contributed by atoms with E-state index in [1.165, 1.54) is 12.1 Å². The predicted octanol–water partition coefficient (Wildman–Crippen LogP) is 1.20. The average molecular weight is 153 g/mol. The van der Waals surface area contributed by atoms with Gasteiger partial charge in [-0.05, 0) is 24.3 Å². The normalized spacial score (nSPS) is 9.55. The van der Waals surface area contributed by atoms with Crippen LogP contribution in [0.25, 0.3) is 0 Å². The van der Waals surface area contributed by atoms with Crippen molar-refractivity contribution in [2.45, 2.75) is 0 Å². The Labute approximate surface area is 64.9 Å². The van der Waals surface area contributed by atoms with Gasteiger partial charge in [-0.15, -0.1) is 0 Å². The van der Waals surface area contributed by atoms with Crippen LogP contribution in [0.2, 0.25) is 0 Å². The van der Waals surface area contributed by atoms with E-state index in [4.69, 9.17) is 9.84 Å². The Kier molecular flexibility index (Phi) is 2.74. The van der Waals surface area contributed by atoms with Crippen molar-refractivity contribution in [3.05, 3.63) is 24.3 Å². The van der Waals surface area contributed by atoms with Crippen molar-refractivity contribution < 1.29 is 14.9 Å². The van der Waals surface area contributed by atoms with Gasteiger partial charge in [0.05, 0.1) is 6.61 Å². The first-order valence-electron chi connectivity index (χ1n) is 3.33. The van der Waals surface area contributed by atoms with E-state index in [-0.39, 0.29) is 19.0 Å². The molecule has 59 valence electrons. The molecule has 0 saturated carbocycles. The highest BCUT2D eigenvalue weighted by atomic mass is 16.5. The summed E-state index contributed by atoms with van der Waals surface area (Å²) in [6, 6.07) is 6.01. The van der Waals surface area contributed by atoms with Crippen LogP contribution in [0.5, 0.6) is 11.5 Å². The monoisotopic (exact) mass is 153 g/mol. The third-order valence-corrected chi connectivity index (χ3v) is 1.18. The molecular weight excluding hydrogens is 144 g/mol.